The van der Waals surface area contributed by atoms with Gasteiger partial charge in [0.2, 0.25) is 0 Å². The van der Waals surface area contributed by atoms with E-state index in [-0.39, 0.29) is 12.5 Å². The number of carbonyl (C=O) groups excluding carboxylic acids is 1. The molecule has 3 rings (SSSR count). The second-order valence-electron chi connectivity index (χ2n) is 5.82. The first-order valence-electron chi connectivity index (χ1n) is 8.46. The standard InChI is InChI=1S/C18H23N3O3/c1-2-23-15-9-5-6-10-16(15)24-13-18(22)20-17-11-12-19-21(17)14-7-3-4-8-14/h5-6,9-12,14H,2-4,7-8,13H2,1H3,(H,20,22). The van der Waals surface area contributed by atoms with Crippen molar-refractivity contribution >= 4 is 11.7 Å². The molecule has 1 N–H and O–H groups in total. The van der Waals surface area contributed by atoms with E-state index in [1.807, 2.05) is 35.9 Å². The smallest absolute Gasteiger partial charge is 0.263 e. The van der Waals surface area contributed by atoms with Gasteiger partial charge in [0, 0.05) is 6.07 Å². The number of ether oxygens (including phenoxy) is 2. The topological polar surface area (TPSA) is 65.4 Å². The third kappa shape index (κ3) is 3.88. The van der Waals surface area contributed by atoms with Gasteiger partial charge in [0.15, 0.2) is 18.1 Å². The van der Waals surface area contributed by atoms with E-state index in [2.05, 4.69) is 10.4 Å². The number of benzene rings is 1. The number of nitrogens with zero attached hydrogens (tertiary/aromatic N) is 2. The summed E-state index contributed by atoms with van der Waals surface area (Å²) in [4.78, 5) is 12.2. The van der Waals surface area contributed by atoms with Gasteiger partial charge in [-0.25, -0.2) is 4.68 Å². The van der Waals surface area contributed by atoms with Crippen LogP contribution in [0.5, 0.6) is 11.5 Å². The van der Waals surface area contributed by atoms with Crippen LogP contribution in [0, 0.1) is 0 Å². The SMILES string of the molecule is CCOc1ccccc1OCC(=O)Nc1ccnn1C1CCCC1. The molecular formula is C18H23N3O3. The summed E-state index contributed by atoms with van der Waals surface area (Å²) in [7, 11) is 0. The second-order valence-corrected chi connectivity index (χ2v) is 5.82. The lowest BCUT2D eigenvalue weighted by atomic mass is 10.2. The summed E-state index contributed by atoms with van der Waals surface area (Å²) in [6, 6.07) is 9.55. The average Bonchev–Trinajstić information content (AvgIpc) is 3.25. The molecule has 1 fully saturated rings. The maximum atomic E-state index is 12.2. The molecule has 1 aliphatic rings. The Kier molecular flexibility index (Phi) is 5.36. The van der Waals surface area contributed by atoms with Gasteiger partial charge in [-0.15, -0.1) is 0 Å². The van der Waals surface area contributed by atoms with Crippen molar-refractivity contribution in [3.05, 3.63) is 36.5 Å². The molecule has 1 heterocycles. The largest absolute Gasteiger partial charge is 0.490 e. The van der Waals surface area contributed by atoms with Gasteiger partial charge in [-0.05, 0) is 31.9 Å². The zero-order valence-electron chi connectivity index (χ0n) is 13.9. The van der Waals surface area contributed by atoms with E-state index in [1.165, 1.54) is 12.8 Å². The molecule has 0 radical (unpaired) electrons. The molecule has 1 aliphatic carbocycles. The fourth-order valence-corrected chi connectivity index (χ4v) is 3.02. The number of hydrogen-bond donors (Lipinski definition) is 1. The molecule has 128 valence electrons. The Morgan fingerprint density at radius 3 is 2.62 bits per heavy atom. The molecular weight excluding hydrogens is 306 g/mol. The van der Waals surface area contributed by atoms with Crippen LogP contribution in [0.3, 0.4) is 0 Å². The van der Waals surface area contributed by atoms with Crippen LogP contribution < -0.4 is 14.8 Å². The van der Waals surface area contributed by atoms with Gasteiger partial charge in [-0.3, -0.25) is 4.79 Å². The Morgan fingerprint density at radius 2 is 1.92 bits per heavy atom. The van der Waals surface area contributed by atoms with Crippen LogP contribution in [0.25, 0.3) is 0 Å². The molecule has 1 saturated carbocycles. The van der Waals surface area contributed by atoms with Crippen molar-refractivity contribution in [2.45, 2.75) is 38.6 Å². The number of anilines is 1. The van der Waals surface area contributed by atoms with Crippen LogP contribution in [0.4, 0.5) is 5.82 Å². The number of hydrogen-bond acceptors (Lipinski definition) is 4. The van der Waals surface area contributed by atoms with Gasteiger partial charge in [0.1, 0.15) is 5.82 Å². The molecule has 1 aromatic carbocycles. The average molecular weight is 329 g/mol. The Balaban J connectivity index is 1.58. The van der Waals surface area contributed by atoms with Gasteiger partial charge in [0.05, 0.1) is 18.8 Å². The molecule has 6 nitrogen and oxygen atoms in total. The molecule has 2 aromatic rings. The number of aromatic nitrogens is 2. The van der Waals surface area contributed by atoms with E-state index < -0.39 is 0 Å². The van der Waals surface area contributed by atoms with E-state index in [9.17, 15) is 4.79 Å². The predicted molar refractivity (Wildman–Crippen MR) is 91.5 cm³/mol. The highest BCUT2D eigenvalue weighted by atomic mass is 16.5. The third-order valence-corrected chi connectivity index (χ3v) is 4.12. The molecule has 0 aliphatic heterocycles. The number of amides is 1. The van der Waals surface area contributed by atoms with Crippen molar-refractivity contribution in [1.29, 1.82) is 0 Å². The summed E-state index contributed by atoms with van der Waals surface area (Å²) in [5.74, 6) is 1.73. The fourth-order valence-electron chi connectivity index (χ4n) is 3.02. The van der Waals surface area contributed by atoms with Crippen molar-refractivity contribution in [2.24, 2.45) is 0 Å². The quantitative estimate of drug-likeness (QED) is 0.845. The maximum absolute atomic E-state index is 12.2. The molecule has 0 bridgehead atoms. The summed E-state index contributed by atoms with van der Waals surface area (Å²) in [6.45, 7) is 2.39. The molecule has 0 saturated heterocycles. The zero-order valence-corrected chi connectivity index (χ0v) is 13.9. The first-order valence-corrected chi connectivity index (χ1v) is 8.46. The molecule has 0 atom stereocenters. The highest BCUT2D eigenvalue weighted by Crippen LogP contribution is 2.31. The van der Waals surface area contributed by atoms with Crippen molar-refractivity contribution in [1.82, 2.24) is 9.78 Å². The van der Waals surface area contributed by atoms with Crippen LogP contribution in [-0.2, 0) is 4.79 Å². The Hall–Kier alpha value is -2.50. The van der Waals surface area contributed by atoms with Crippen molar-refractivity contribution in [3.8, 4) is 11.5 Å². The van der Waals surface area contributed by atoms with Crippen LogP contribution in [0.2, 0.25) is 0 Å². The van der Waals surface area contributed by atoms with E-state index in [1.54, 1.807) is 12.3 Å². The Labute approximate surface area is 141 Å². The minimum Gasteiger partial charge on any atom is -0.490 e. The lowest BCUT2D eigenvalue weighted by Crippen LogP contribution is -2.23. The first kappa shape index (κ1) is 16.4. The summed E-state index contributed by atoms with van der Waals surface area (Å²) in [6.07, 6.45) is 6.38. The lowest BCUT2D eigenvalue weighted by Gasteiger charge is -2.15. The lowest BCUT2D eigenvalue weighted by molar-refractivity contribution is -0.118. The molecule has 0 spiro atoms. The minimum atomic E-state index is -0.207. The summed E-state index contributed by atoms with van der Waals surface area (Å²) in [5.41, 5.74) is 0. The van der Waals surface area contributed by atoms with Crippen LogP contribution in [0.1, 0.15) is 38.6 Å². The number of rotatable bonds is 7. The Morgan fingerprint density at radius 1 is 1.21 bits per heavy atom. The number of nitrogens with one attached hydrogen (secondary N) is 1. The van der Waals surface area contributed by atoms with Gasteiger partial charge >= 0.3 is 0 Å². The summed E-state index contributed by atoms with van der Waals surface area (Å²) >= 11 is 0. The van der Waals surface area contributed by atoms with Gasteiger partial charge < -0.3 is 14.8 Å². The van der Waals surface area contributed by atoms with E-state index >= 15 is 0 Å². The van der Waals surface area contributed by atoms with Crippen LogP contribution in [-0.4, -0.2) is 28.9 Å². The molecule has 1 amide bonds. The van der Waals surface area contributed by atoms with E-state index in [0.29, 0.717) is 24.1 Å². The van der Waals surface area contributed by atoms with Gasteiger partial charge in [-0.2, -0.15) is 5.10 Å². The van der Waals surface area contributed by atoms with Gasteiger partial charge in [-0.1, -0.05) is 25.0 Å². The van der Waals surface area contributed by atoms with Gasteiger partial charge in [0.25, 0.3) is 5.91 Å². The van der Waals surface area contributed by atoms with Crippen molar-refractivity contribution in [2.75, 3.05) is 18.5 Å². The normalized spacial score (nSPS) is 14.5. The summed E-state index contributed by atoms with van der Waals surface area (Å²) in [5, 5.41) is 7.23. The highest BCUT2D eigenvalue weighted by molar-refractivity contribution is 5.91. The van der Waals surface area contributed by atoms with Crippen LogP contribution >= 0.6 is 0 Å². The third-order valence-electron chi connectivity index (χ3n) is 4.12. The molecule has 1 aromatic heterocycles. The summed E-state index contributed by atoms with van der Waals surface area (Å²) < 4.78 is 13.0. The predicted octanol–water partition coefficient (Wildman–Crippen LogP) is 3.41. The zero-order chi connectivity index (χ0) is 16.8. The van der Waals surface area contributed by atoms with Crippen LogP contribution in [0.15, 0.2) is 36.5 Å². The minimum absolute atomic E-state index is 0.0695. The highest BCUT2D eigenvalue weighted by Gasteiger charge is 2.20. The fraction of sp³-hybridized carbons (Fsp3) is 0.444. The number of carbonyl (C=O) groups is 1. The first-order chi connectivity index (χ1) is 11.8. The van der Waals surface area contributed by atoms with Crippen molar-refractivity contribution < 1.29 is 14.3 Å². The Bertz CT molecular complexity index is 678. The monoisotopic (exact) mass is 329 g/mol. The molecule has 0 unspecified atom stereocenters. The number of para-hydroxylation sites is 2. The second kappa shape index (κ2) is 7.86. The van der Waals surface area contributed by atoms with Crippen molar-refractivity contribution in [3.63, 3.8) is 0 Å². The van der Waals surface area contributed by atoms with E-state index in [4.69, 9.17) is 9.47 Å². The molecule has 6 heteroatoms. The maximum Gasteiger partial charge on any atom is 0.263 e. The molecule has 24 heavy (non-hydrogen) atoms. The van der Waals surface area contributed by atoms with E-state index in [0.717, 1.165) is 18.7 Å².